The number of carbonyl (C=O) groups is 1. The Labute approximate surface area is 109 Å². The molecule has 18 heavy (non-hydrogen) atoms. The van der Waals surface area contributed by atoms with Crippen molar-refractivity contribution in [3.05, 3.63) is 35.9 Å². The van der Waals surface area contributed by atoms with Crippen LogP contribution in [0.15, 0.2) is 30.3 Å². The topological polar surface area (TPSA) is 46.3 Å². The summed E-state index contributed by atoms with van der Waals surface area (Å²) in [6, 6.07) is 10.2. The number of carbonyl (C=O) groups excluding carboxylic acids is 1. The second-order valence-electron chi connectivity index (χ2n) is 5.10. The van der Waals surface area contributed by atoms with Gasteiger partial charge in [0, 0.05) is 26.1 Å². The van der Waals surface area contributed by atoms with E-state index in [1.54, 1.807) is 0 Å². The lowest BCUT2D eigenvalue weighted by Crippen LogP contribution is -2.37. The second-order valence-corrected chi connectivity index (χ2v) is 5.10. The Balaban J connectivity index is 1.96. The van der Waals surface area contributed by atoms with Crippen molar-refractivity contribution in [1.82, 2.24) is 4.90 Å². The third kappa shape index (κ3) is 3.57. The highest BCUT2D eigenvalue weighted by Crippen LogP contribution is 2.27. The number of nitrogens with zero attached hydrogens (tertiary/aromatic N) is 1. The lowest BCUT2D eigenvalue weighted by molar-refractivity contribution is -0.132. The maximum Gasteiger partial charge on any atom is 0.224 e. The van der Waals surface area contributed by atoms with Crippen molar-refractivity contribution in [1.29, 1.82) is 0 Å². The molecule has 0 heterocycles. The van der Waals surface area contributed by atoms with Gasteiger partial charge < -0.3 is 10.6 Å². The van der Waals surface area contributed by atoms with Gasteiger partial charge in [-0.25, -0.2) is 0 Å². The van der Waals surface area contributed by atoms with Crippen LogP contribution in [0.25, 0.3) is 0 Å². The van der Waals surface area contributed by atoms with Gasteiger partial charge in [-0.15, -0.1) is 0 Å². The quantitative estimate of drug-likeness (QED) is 0.836. The second kappa shape index (κ2) is 6.55. The standard InChI is InChI=1S/C15H22N2O/c16-10-9-15(18)17(12-14-7-4-8-14)11-13-5-2-1-3-6-13/h1-3,5-6,14H,4,7-12,16H2. The van der Waals surface area contributed by atoms with Gasteiger partial charge in [0.25, 0.3) is 0 Å². The average molecular weight is 246 g/mol. The Bertz CT molecular complexity index is 373. The molecule has 3 heteroatoms. The first-order valence-corrected chi connectivity index (χ1v) is 6.81. The Hall–Kier alpha value is -1.35. The molecule has 1 saturated carbocycles. The van der Waals surface area contributed by atoms with Crippen molar-refractivity contribution >= 4 is 5.91 Å². The lowest BCUT2D eigenvalue weighted by Gasteiger charge is -2.32. The van der Waals surface area contributed by atoms with E-state index in [1.165, 1.54) is 24.8 Å². The lowest BCUT2D eigenvalue weighted by atomic mass is 9.85. The Morgan fingerprint density at radius 3 is 2.56 bits per heavy atom. The summed E-state index contributed by atoms with van der Waals surface area (Å²) >= 11 is 0. The SMILES string of the molecule is NCCC(=O)N(Cc1ccccc1)CC1CCC1. The molecular weight excluding hydrogens is 224 g/mol. The summed E-state index contributed by atoms with van der Waals surface area (Å²) in [7, 11) is 0. The number of nitrogens with two attached hydrogens (primary N) is 1. The summed E-state index contributed by atoms with van der Waals surface area (Å²) in [5.74, 6) is 0.892. The van der Waals surface area contributed by atoms with E-state index in [9.17, 15) is 4.79 Å². The summed E-state index contributed by atoms with van der Waals surface area (Å²) in [5, 5.41) is 0. The highest BCUT2D eigenvalue weighted by Gasteiger charge is 2.23. The average Bonchev–Trinajstić information content (AvgIpc) is 2.33. The van der Waals surface area contributed by atoms with Crippen LogP contribution >= 0.6 is 0 Å². The molecule has 1 aliphatic carbocycles. The molecule has 2 rings (SSSR count). The van der Waals surface area contributed by atoms with E-state index in [2.05, 4.69) is 12.1 Å². The summed E-state index contributed by atoms with van der Waals surface area (Å²) in [5.41, 5.74) is 6.69. The summed E-state index contributed by atoms with van der Waals surface area (Å²) < 4.78 is 0. The Morgan fingerprint density at radius 1 is 1.28 bits per heavy atom. The van der Waals surface area contributed by atoms with Gasteiger partial charge in [-0.1, -0.05) is 36.8 Å². The molecule has 1 aromatic rings. The van der Waals surface area contributed by atoms with Crippen LogP contribution in [0.1, 0.15) is 31.2 Å². The van der Waals surface area contributed by atoms with E-state index in [1.807, 2.05) is 23.1 Å². The molecule has 0 aromatic heterocycles. The van der Waals surface area contributed by atoms with Gasteiger partial charge >= 0.3 is 0 Å². The summed E-state index contributed by atoms with van der Waals surface area (Å²) in [4.78, 5) is 14.0. The first-order chi connectivity index (χ1) is 8.79. The monoisotopic (exact) mass is 246 g/mol. The van der Waals surface area contributed by atoms with Crippen molar-refractivity contribution in [2.45, 2.75) is 32.2 Å². The van der Waals surface area contributed by atoms with Gasteiger partial charge in [-0.05, 0) is 24.3 Å². The van der Waals surface area contributed by atoms with Gasteiger partial charge in [0.2, 0.25) is 5.91 Å². The molecule has 98 valence electrons. The molecule has 0 saturated heterocycles. The minimum Gasteiger partial charge on any atom is -0.338 e. The van der Waals surface area contributed by atoms with Crippen LogP contribution in [0.2, 0.25) is 0 Å². The van der Waals surface area contributed by atoms with Crippen LogP contribution in [0.4, 0.5) is 0 Å². The third-order valence-electron chi connectivity index (χ3n) is 3.63. The predicted molar refractivity (Wildman–Crippen MR) is 72.9 cm³/mol. The highest BCUT2D eigenvalue weighted by atomic mass is 16.2. The van der Waals surface area contributed by atoms with Gasteiger partial charge in [0.05, 0.1) is 0 Å². The molecule has 2 N–H and O–H groups in total. The smallest absolute Gasteiger partial charge is 0.224 e. The van der Waals surface area contributed by atoms with E-state index < -0.39 is 0 Å². The summed E-state index contributed by atoms with van der Waals surface area (Å²) in [6.07, 6.45) is 4.30. The summed E-state index contributed by atoms with van der Waals surface area (Å²) in [6.45, 7) is 2.05. The van der Waals surface area contributed by atoms with Crippen LogP contribution in [-0.4, -0.2) is 23.9 Å². The van der Waals surface area contributed by atoms with Gasteiger partial charge in [0.1, 0.15) is 0 Å². The number of benzene rings is 1. The molecule has 1 aromatic carbocycles. The fourth-order valence-electron chi connectivity index (χ4n) is 2.33. The fraction of sp³-hybridized carbons (Fsp3) is 0.533. The largest absolute Gasteiger partial charge is 0.338 e. The van der Waals surface area contributed by atoms with Gasteiger partial charge in [-0.3, -0.25) is 4.79 Å². The third-order valence-corrected chi connectivity index (χ3v) is 3.63. The normalized spacial score (nSPS) is 15.2. The van der Waals surface area contributed by atoms with Crippen LogP contribution in [-0.2, 0) is 11.3 Å². The fourth-order valence-corrected chi connectivity index (χ4v) is 2.33. The molecule has 1 amide bonds. The highest BCUT2D eigenvalue weighted by molar-refractivity contribution is 5.76. The number of hydrogen-bond donors (Lipinski definition) is 1. The zero-order valence-electron chi connectivity index (χ0n) is 10.8. The van der Waals surface area contributed by atoms with Crippen LogP contribution in [0.3, 0.4) is 0 Å². The van der Waals surface area contributed by atoms with Gasteiger partial charge in [0.15, 0.2) is 0 Å². The van der Waals surface area contributed by atoms with Crippen molar-refractivity contribution in [2.75, 3.05) is 13.1 Å². The number of hydrogen-bond acceptors (Lipinski definition) is 2. The Kier molecular flexibility index (Phi) is 4.76. The maximum absolute atomic E-state index is 12.1. The van der Waals surface area contributed by atoms with Crippen molar-refractivity contribution in [3.63, 3.8) is 0 Å². The van der Waals surface area contributed by atoms with E-state index >= 15 is 0 Å². The molecule has 0 unspecified atom stereocenters. The van der Waals surface area contributed by atoms with Crippen molar-refractivity contribution < 1.29 is 4.79 Å². The van der Waals surface area contributed by atoms with E-state index in [4.69, 9.17) is 5.73 Å². The Morgan fingerprint density at radius 2 is 2.00 bits per heavy atom. The predicted octanol–water partition coefficient (Wildman–Crippen LogP) is 2.16. The zero-order chi connectivity index (χ0) is 12.8. The molecule has 0 aliphatic heterocycles. The minimum atomic E-state index is 0.188. The molecule has 0 radical (unpaired) electrons. The first-order valence-electron chi connectivity index (χ1n) is 6.81. The van der Waals surface area contributed by atoms with Crippen LogP contribution in [0.5, 0.6) is 0 Å². The minimum absolute atomic E-state index is 0.188. The van der Waals surface area contributed by atoms with E-state index in [-0.39, 0.29) is 5.91 Å². The van der Waals surface area contributed by atoms with Crippen LogP contribution in [0, 0.1) is 5.92 Å². The first kappa shape index (κ1) is 13.1. The molecule has 0 spiro atoms. The maximum atomic E-state index is 12.1. The number of rotatable bonds is 6. The molecule has 1 fully saturated rings. The number of amides is 1. The molecule has 0 atom stereocenters. The molecular formula is C15H22N2O. The van der Waals surface area contributed by atoms with E-state index in [0.29, 0.717) is 18.9 Å². The van der Waals surface area contributed by atoms with Crippen LogP contribution < -0.4 is 5.73 Å². The van der Waals surface area contributed by atoms with Crippen molar-refractivity contribution in [3.8, 4) is 0 Å². The van der Waals surface area contributed by atoms with Crippen molar-refractivity contribution in [2.24, 2.45) is 11.7 Å². The van der Waals surface area contributed by atoms with E-state index in [0.717, 1.165) is 13.1 Å². The zero-order valence-corrected chi connectivity index (χ0v) is 10.8. The van der Waals surface area contributed by atoms with Gasteiger partial charge in [-0.2, -0.15) is 0 Å². The molecule has 3 nitrogen and oxygen atoms in total. The molecule has 0 bridgehead atoms. The molecule has 1 aliphatic rings.